The van der Waals surface area contributed by atoms with Crippen LogP contribution in [-0.2, 0) is 7.05 Å². The molecule has 1 heterocycles. The van der Waals surface area contributed by atoms with Crippen molar-refractivity contribution >= 4 is 11.6 Å². The number of hydrogen-bond acceptors (Lipinski definition) is 5. The Labute approximate surface area is 121 Å². The number of carbonyl (C=O) groups is 1. The first-order valence-corrected chi connectivity index (χ1v) is 6.23. The molecule has 1 aromatic carbocycles. The molecule has 0 aliphatic heterocycles. The first kappa shape index (κ1) is 14.6. The van der Waals surface area contributed by atoms with E-state index >= 15 is 0 Å². The molecule has 1 aromatic heterocycles. The van der Waals surface area contributed by atoms with Gasteiger partial charge >= 0.3 is 0 Å². The zero-order valence-corrected chi connectivity index (χ0v) is 12.0. The number of benzene rings is 1. The number of aromatic hydroxyl groups is 1. The Bertz CT molecular complexity index is 691. The van der Waals surface area contributed by atoms with E-state index in [0.29, 0.717) is 17.2 Å². The molecule has 110 valence electrons. The van der Waals surface area contributed by atoms with Crippen molar-refractivity contribution in [3.63, 3.8) is 0 Å². The van der Waals surface area contributed by atoms with Crippen LogP contribution in [0, 0.1) is 0 Å². The molecule has 0 atom stereocenters. The zero-order chi connectivity index (χ0) is 15.4. The summed E-state index contributed by atoms with van der Waals surface area (Å²) in [6.07, 6.45) is 1.54. The highest BCUT2D eigenvalue weighted by atomic mass is 16.5. The van der Waals surface area contributed by atoms with Crippen LogP contribution in [0.15, 0.2) is 35.6 Å². The van der Waals surface area contributed by atoms with E-state index in [0.717, 1.165) is 5.56 Å². The van der Waals surface area contributed by atoms with Gasteiger partial charge in [0, 0.05) is 18.8 Å². The normalized spacial score (nSPS) is 11.3. The summed E-state index contributed by atoms with van der Waals surface area (Å²) in [5.41, 5.74) is 4.19. The van der Waals surface area contributed by atoms with Crippen molar-refractivity contribution in [1.82, 2.24) is 15.2 Å². The van der Waals surface area contributed by atoms with Gasteiger partial charge in [-0.3, -0.25) is 9.48 Å². The van der Waals surface area contributed by atoms with Crippen molar-refractivity contribution in [2.24, 2.45) is 12.1 Å². The van der Waals surface area contributed by atoms with Crippen LogP contribution in [0.25, 0.3) is 0 Å². The summed E-state index contributed by atoms with van der Waals surface area (Å²) in [5, 5.41) is 17.5. The Morgan fingerprint density at radius 2 is 2.19 bits per heavy atom. The fraction of sp³-hybridized carbons (Fsp3) is 0.214. The fourth-order valence-electron chi connectivity index (χ4n) is 1.76. The third-order valence-electron chi connectivity index (χ3n) is 2.98. The van der Waals surface area contributed by atoms with E-state index in [4.69, 9.17) is 4.74 Å². The van der Waals surface area contributed by atoms with Gasteiger partial charge in [-0.25, -0.2) is 5.43 Å². The lowest BCUT2D eigenvalue weighted by Gasteiger charge is -2.07. The molecule has 0 bridgehead atoms. The van der Waals surface area contributed by atoms with Gasteiger partial charge in [-0.2, -0.15) is 10.2 Å². The van der Waals surface area contributed by atoms with Crippen molar-refractivity contribution in [2.45, 2.75) is 6.92 Å². The SMILES string of the molecule is COc1cc(C(C)=NNC(=O)c2ccnn2C)ccc1O. The minimum atomic E-state index is -0.347. The summed E-state index contributed by atoms with van der Waals surface area (Å²) in [6, 6.07) is 6.44. The van der Waals surface area contributed by atoms with Gasteiger partial charge in [-0.05, 0) is 31.2 Å². The average Bonchev–Trinajstić information content (AvgIpc) is 2.91. The highest BCUT2D eigenvalue weighted by molar-refractivity contribution is 6.00. The lowest BCUT2D eigenvalue weighted by atomic mass is 10.1. The number of amides is 1. The molecular weight excluding hydrogens is 272 g/mol. The molecule has 0 radical (unpaired) electrons. The van der Waals surface area contributed by atoms with Crippen molar-refractivity contribution in [1.29, 1.82) is 0 Å². The van der Waals surface area contributed by atoms with E-state index in [1.54, 1.807) is 32.2 Å². The molecule has 1 amide bonds. The first-order valence-electron chi connectivity index (χ1n) is 6.23. The molecule has 2 aromatic rings. The maximum absolute atomic E-state index is 11.9. The third-order valence-corrected chi connectivity index (χ3v) is 2.98. The van der Waals surface area contributed by atoms with Crippen molar-refractivity contribution in [3.05, 3.63) is 41.7 Å². The van der Waals surface area contributed by atoms with Crippen LogP contribution in [0.4, 0.5) is 0 Å². The molecule has 7 heteroatoms. The maximum Gasteiger partial charge on any atom is 0.289 e. The van der Waals surface area contributed by atoms with E-state index in [-0.39, 0.29) is 11.7 Å². The number of nitrogens with one attached hydrogen (secondary N) is 1. The number of rotatable bonds is 4. The van der Waals surface area contributed by atoms with Gasteiger partial charge in [0.1, 0.15) is 5.69 Å². The van der Waals surface area contributed by atoms with Crippen LogP contribution >= 0.6 is 0 Å². The van der Waals surface area contributed by atoms with Crippen LogP contribution < -0.4 is 10.2 Å². The second-order valence-electron chi connectivity index (χ2n) is 4.36. The minimum Gasteiger partial charge on any atom is -0.504 e. The standard InChI is InChI=1S/C14H16N4O3/c1-9(10-4-5-12(19)13(8-10)21-3)16-17-14(20)11-6-7-15-18(11)2/h4-8,19H,1-3H3,(H,17,20). The predicted octanol–water partition coefficient (Wildman–Crippen LogP) is 1.29. The minimum absolute atomic E-state index is 0.0490. The summed E-state index contributed by atoms with van der Waals surface area (Å²) < 4.78 is 6.49. The van der Waals surface area contributed by atoms with Gasteiger partial charge in [-0.15, -0.1) is 0 Å². The number of hydrazone groups is 1. The number of aryl methyl sites for hydroxylation is 1. The quantitative estimate of drug-likeness (QED) is 0.655. The number of methoxy groups -OCH3 is 1. The number of aromatic nitrogens is 2. The molecule has 21 heavy (non-hydrogen) atoms. The summed E-state index contributed by atoms with van der Waals surface area (Å²) >= 11 is 0. The Kier molecular flexibility index (Phi) is 4.22. The smallest absolute Gasteiger partial charge is 0.289 e. The molecule has 7 nitrogen and oxygen atoms in total. The Balaban J connectivity index is 2.14. The molecule has 2 N–H and O–H groups in total. The van der Waals surface area contributed by atoms with Gasteiger partial charge in [0.25, 0.3) is 5.91 Å². The van der Waals surface area contributed by atoms with Gasteiger partial charge < -0.3 is 9.84 Å². The molecule has 0 unspecified atom stereocenters. The van der Waals surface area contributed by atoms with Gasteiger partial charge in [0.2, 0.25) is 0 Å². The molecule has 0 aliphatic carbocycles. The van der Waals surface area contributed by atoms with Gasteiger partial charge in [0.05, 0.1) is 12.8 Å². The zero-order valence-electron chi connectivity index (χ0n) is 12.0. The van der Waals surface area contributed by atoms with Crippen LogP contribution in [0.2, 0.25) is 0 Å². The highest BCUT2D eigenvalue weighted by Gasteiger charge is 2.09. The van der Waals surface area contributed by atoms with Crippen molar-refractivity contribution in [2.75, 3.05) is 7.11 Å². The second kappa shape index (κ2) is 6.08. The fourth-order valence-corrected chi connectivity index (χ4v) is 1.76. The highest BCUT2D eigenvalue weighted by Crippen LogP contribution is 2.26. The molecule has 0 fully saturated rings. The third kappa shape index (κ3) is 3.19. The largest absolute Gasteiger partial charge is 0.504 e. The molecule has 0 saturated heterocycles. The van der Waals surface area contributed by atoms with Crippen molar-refractivity contribution < 1.29 is 14.6 Å². The predicted molar refractivity (Wildman–Crippen MR) is 77.5 cm³/mol. The molecular formula is C14H16N4O3. The lowest BCUT2D eigenvalue weighted by Crippen LogP contribution is -2.22. The Morgan fingerprint density at radius 1 is 1.43 bits per heavy atom. The topological polar surface area (TPSA) is 88.7 Å². The summed E-state index contributed by atoms with van der Waals surface area (Å²) in [7, 11) is 3.14. The van der Waals surface area contributed by atoms with Crippen LogP contribution in [0.5, 0.6) is 11.5 Å². The summed E-state index contributed by atoms with van der Waals surface area (Å²) in [5.74, 6) is 0.0491. The van der Waals surface area contributed by atoms with E-state index in [9.17, 15) is 9.90 Å². The number of hydrogen-bond donors (Lipinski definition) is 2. The first-order chi connectivity index (χ1) is 10.0. The van der Waals surface area contributed by atoms with E-state index in [1.165, 1.54) is 24.1 Å². The van der Waals surface area contributed by atoms with Gasteiger partial charge in [0.15, 0.2) is 11.5 Å². The molecule has 0 spiro atoms. The monoisotopic (exact) mass is 288 g/mol. The Hall–Kier alpha value is -2.83. The average molecular weight is 288 g/mol. The van der Waals surface area contributed by atoms with Crippen molar-refractivity contribution in [3.8, 4) is 11.5 Å². The molecule has 2 rings (SSSR count). The summed E-state index contributed by atoms with van der Waals surface area (Å²) in [6.45, 7) is 1.75. The number of carbonyl (C=O) groups excluding carboxylic acids is 1. The van der Waals surface area contributed by atoms with Gasteiger partial charge in [-0.1, -0.05) is 0 Å². The lowest BCUT2D eigenvalue weighted by molar-refractivity contribution is 0.0945. The van der Waals surface area contributed by atoms with E-state index in [2.05, 4.69) is 15.6 Å². The molecule has 0 aliphatic rings. The van der Waals surface area contributed by atoms with E-state index in [1.807, 2.05) is 0 Å². The van der Waals surface area contributed by atoms with Crippen LogP contribution in [-0.4, -0.2) is 33.6 Å². The van der Waals surface area contributed by atoms with Crippen LogP contribution in [0.1, 0.15) is 23.0 Å². The second-order valence-corrected chi connectivity index (χ2v) is 4.36. The number of ether oxygens (including phenoxy) is 1. The number of phenols is 1. The van der Waals surface area contributed by atoms with Crippen LogP contribution in [0.3, 0.4) is 0 Å². The maximum atomic E-state index is 11.9. The number of nitrogens with zero attached hydrogens (tertiary/aromatic N) is 3. The Morgan fingerprint density at radius 3 is 2.81 bits per heavy atom. The van der Waals surface area contributed by atoms with E-state index < -0.39 is 0 Å². The molecule has 0 saturated carbocycles. The summed E-state index contributed by atoms with van der Waals surface area (Å²) in [4.78, 5) is 11.9. The number of phenolic OH excluding ortho intramolecular Hbond substituents is 1.